The lowest BCUT2D eigenvalue weighted by atomic mass is 10.1. The molecular weight excluding hydrogens is 302 g/mol. The molecule has 98 valence electrons. The van der Waals surface area contributed by atoms with Gasteiger partial charge in [-0.1, -0.05) is 64.5 Å². The average Bonchev–Trinajstić information content (AvgIpc) is 2.40. The Morgan fingerprint density at radius 3 is 2.42 bits per heavy atom. The first-order valence-corrected chi connectivity index (χ1v) is 7.04. The second kappa shape index (κ2) is 6.53. The molecule has 3 heteroatoms. The van der Waals surface area contributed by atoms with Crippen molar-refractivity contribution < 1.29 is 4.79 Å². The van der Waals surface area contributed by atoms with Gasteiger partial charge in [0.15, 0.2) is 0 Å². The van der Waals surface area contributed by atoms with Gasteiger partial charge in [0.1, 0.15) is 0 Å². The van der Waals surface area contributed by atoms with Crippen LogP contribution in [0, 0.1) is 0 Å². The number of benzene rings is 2. The number of carbonyl (C=O) groups is 1. The lowest BCUT2D eigenvalue weighted by molar-refractivity contribution is -0.121. The minimum Gasteiger partial charge on any atom is -0.349 e. The van der Waals surface area contributed by atoms with E-state index in [0.717, 1.165) is 15.6 Å². The van der Waals surface area contributed by atoms with Crippen LogP contribution in [-0.2, 0) is 11.2 Å². The summed E-state index contributed by atoms with van der Waals surface area (Å²) in [5, 5.41) is 3.02. The lowest BCUT2D eigenvalue weighted by Crippen LogP contribution is -2.28. The van der Waals surface area contributed by atoms with E-state index >= 15 is 0 Å². The summed E-state index contributed by atoms with van der Waals surface area (Å²) >= 11 is 3.50. The summed E-state index contributed by atoms with van der Waals surface area (Å²) in [5.74, 6) is 0.0365. The van der Waals surface area contributed by atoms with Crippen LogP contribution in [0.15, 0.2) is 59.1 Å². The quantitative estimate of drug-likeness (QED) is 0.911. The Balaban J connectivity index is 1.98. The third kappa shape index (κ3) is 3.93. The topological polar surface area (TPSA) is 29.1 Å². The van der Waals surface area contributed by atoms with Crippen LogP contribution in [0.4, 0.5) is 0 Å². The molecule has 2 nitrogen and oxygen atoms in total. The molecule has 0 aliphatic carbocycles. The summed E-state index contributed by atoms with van der Waals surface area (Å²) in [5.41, 5.74) is 2.11. The zero-order valence-corrected chi connectivity index (χ0v) is 12.4. The Labute approximate surface area is 122 Å². The second-order valence-corrected chi connectivity index (χ2v) is 5.33. The maximum atomic E-state index is 12.0. The van der Waals surface area contributed by atoms with Crippen molar-refractivity contribution in [1.29, 1.82) is 0 Å². The third-order valence-electron chi connectivity index (χ3n) is 2.96. The Morgan fingerprint density at radius 2 is 1.74 bits per heavy atom. The minimum absolute atomic E-state index is 0.00760. The minimum atomic E-state index is -0.00760. The smallest absolute Gasteiger partial charge is 0.224 e. The molecule has 0 saturated carbocycles. The van der Waals surface area contributed by atoms with E-state index in [9.17, 15) is 4.79 Å². The molecule has 2 aromatic carbocycles. The van der Waals surface area contributed by atoms with Crippen LogP contribution in [0.25, 0.3) is 0 Å². The Bertz CT molecular complexity index is 554. The number of halogens is 1. The monoisotopic (exact) mass is 317 g/mol. The predicted molar refractivity (Wildman–Crippen MR) is 80.8 cm³/mol. The number of rotatable bonds is 4. The first-order valence-electron chi connectivity index (χ1n) is 6.24. The number of hydrogen-bond acceptors (Lipinski definition) is 1. The molecule has 0 bridgehead atoms. The van der Waals surface area contributed by atoms with Gasteiger partial charge in [-0.15, -0.1) is 0 Å². The van der Waals surface area contributed by atoms with Crippen LogP contribution in [-0.4, -0.2) is 5.91 Å². The molecule has 2 rings (SSSR count). The van der Waals surface area contributed by atoms with Crippen molar-refractivity contribution in [2.45, 2.75) is 19.4 Å². The zero-order valence-electron chi connectivity index (χ0n) is 10.8. The first-order chi connectivity index (χ1) is 9.16. The standard InChI is InChI=1S/C16H16BrNO/c1-12(14-9-5-6-10-15(14)17)18-16(19)11-13-7-3-2-4-8-13/h2-10,12H,11H2,1H3,(H,18,19)/t12-/m0/s1. The molecule has 2 aromatic rings. The molecule has 0 aliphatic heterocycles. The summed E-state index contributed by atoms with van der Waals surface area (Å²) in [6, 6.07) is 17.7. The van der Waals surface area contributed by atoms with E-state index in [1.165, 1.54) is 0 Å². The van der Waals surface area contributed by atoms with Gasteiger partial charge in [0.25, 0.3) is 0 Å². The van der Waals surface area contributed by atoms with E-state index in [1.54, 1.807) is 0 Å². The van der Waals surface area contributed by atoms with Crippen LogP contribution >= 0.6 is 15.9 Å². The Hall–Kier alpha value is -1.61. The number of nitrogens with one attached hydrogen (secondary N) is 1. The maximum absolute atomic E-state index is 12.0. The molecule has 0 saturated heterocycles. The summed E-state index contributed by atoms with van der Waals surface area (Å²) in [6.07, 6.45) is 0.412. The van der Waals surface area contributed by atoms with Gasteiger partial charge in [-0.25, -0.2) is 0 Å². The van der Waals surface area contributed by atoms with Crippen molar-refractivity contribution in [3.8, 4) is 0 Å². The van der Waals surface area contributed by atoms with Gasteiger partial charge < -0.3 is 5.32 Å². The summed E-state index contributed by atoms with van der Waals surface area (Å²) < 4.78 is 1.02. The molecule has 1 amide bonds. The van der Waals surface area contributed by atoms with Gasteiger partial charge in [-0.05, 0) is 24.1 Å². The van der Waals surface area contributed by atoms with Crippen molar-refractivity contribution in [3.05, 3.63) is 70.2 Å². The summed E-state index contributed by atoms with van der Waals surface area (Å²) in [4.78, 5) is 12.0. The van der Waals surface area contributed by atoms with E-state index in [0.29, 0.717) is 6.42 Å². The van der Waals surface area contributed by atoms with Crippen molar-refractivity contribution in [2.24, 2.45) is 0 Å². The van der Waals surface area contributed by atoms with Gasteiger partial charge in [0.2, 0.25) is 5.91 Å². The number of hydrogen-bond donors (Lipinski definition) is 1. The van der Waals surface area contributed by atoms with Gasteiger partial charge >= 0.3 is 0 Å². The van der Waals surface area contributed by atoms with E-state index in [2.05, 4.69) is 21.2 Å². The summed E-state index contributed by atoms with van der Waals surface area (Å²) in [7, 11) is 0. The molecule has 0 aliphatic rings. The number of carbonyl (C=O) groups excluding carboxylic acids is 1. The fourth-order valence-corrected chi connectivity index (χ4v) is 2.61. The Kier molecular flexibility index (Phi) is 4.74. The molecule has 0 heterocycles. The average molecular weight is 318 g/mol. The molecule has 1 N–H and O–H groups in total. The van der Waals surface area contributed by atoms with Gasteiger partial charge in [-0.2, -0.15) is 0 Å². The molecule has 0 unspecified atom stereocenters. The van der Waals surface area contributed by atoms with Gasteiger partial charge in [0.05, 0.1) is 12.5 Å². The van der Waals surface area contributed by atoms with Gasteiger partial charge in [-0.3, -0.25) is 4.79 Å². The van der Waals surface area contributed by atoms with Crippen molar-refractivity contribution in [3.63, 3.8) is 0 Å². The van der Waals surface area contributed by atoms with Crippen molar-refractivity contribution >= 4 is 21.8 Å². The lowest BCUT2D eigenvalue weighted by Gasteiger charge is -2.15. The molecular formula is C16H16BrNO. The van der Waals surface area contributed by atoms with Crippen LogP contribution < -0.4 is 5.32 Å². The highest BCUT2D eigenvalue weighted by atomic mass is 79.9. The zero-order chi connectivity index (χ0) is 13.7. The maximum Gasteiger partial charge on any atom is 0.224 e. The van der Waals surface area contributed by atoms with E-state index < -0.39 is 0 Å². The normalized spacial score (nSPS) is 11.9. The predicted octanol–water partition coefficient (Wildman–Crippen LogP) is 3.87. The SMILES string of the molecule is C[C@H](NC(=O)Cc1ccccc1)c1ccccc1Br. The van der Waals surface area contributed by atoms with Crippen molar-refractivity contribution in [2.75, 3.05) is 0 Å². The van der Waals surface area contributed by atoms with E-state index in [-0.39, 0.29) is 11.9 Å². The molecule has 1 atom stereocenters. The largest absolute Gasteiger partial charge is 0.349 e. The van der Waals surface area contributed by atoms with Crippen LogP contribution in [0.3, 0.4) is 0 Å². The van der Waals surface area contributed by atoms with E-state index in [1.807, 2.05) is 61.5 Å². The second-order valence-electron chi connectivity index (χ2n) is 4.47. The Morgan fingerprint density at radius 1 is 1.11 bits per heavy atom. The fourth-order valence-electron chi connectivity index (χ4n) is 1.98. The highest BCUT2D eigenvalue weighted by Crippen LogP contribution is 2.22. The van der Waals surface area contributed by atoms with Gasteiger partial charge in [0, 0.05) is 4.47 Å². The number of amides is 1. The molecule has 0 spiro atoms. The van der Waals surface area contributed by atoms with Crippen molar-refractivity contribution in [1.82, 2.24) is 5.32 Å². The van der Waals surface area contributed by atoms with E-state index in [4.69, 9.17) is 0 Å². The van der Waals surface area contributed by atoms with Crippen LogP contribution in [0.2, 0.25) is 0 Å². The molecule has 19 heavy (non-hydrogen) atoms. The van der Waals surface area contributed by atoms with Crippen LogP contribution in [0.5, 0.6) is 0 Å². The third-order valence-corrected chi connectivity index (χ3v) is 3.68. The highest BCUT2D eigenvalue weighted by Gasteiger charge is 2.12. The summed E-state index contributed by atoms with van der Waals surface area (Å²) in [6.45, 7) is 1.99. The molecule has 0 aromatic heterocycles. The molecule has 0 fully saturated rings. The highest BCUT2D eigenvalue weighted by molar-refractivity contribution is 9.10. The van der Waals surface area contributed by atoms with Crippen LogP contribution in [0.1, 0.15) is 24.1 Å². The fraction of sp³-hybridized carbons (Fsp3) is 0.188. The first kappa shape index (κ1) is 13.8. The molecule has 0 radical (unpaired) electrons.